The molecule has 59 heavy (non-hydrogen) atoms. The molecule has 4 aromatic heterocycles. The maximum absolute atomic E-state index is 13.6. The number of ether oxygens (including phenoxy) is 1. The first kappa shape index (κ1) is 45.7. The fourth-order valence-corrected chi connectivity index (χ4v) is 6.15. The first-order valence-electron chi connectivity index (χ1n) is 17.2. The highest BCUT2D eigenvalue weighted by atomic mass is 19.4. The Hall–Kier alpha value is -6.03. The Kier molecular flexibility index (Phi) is 14.1. The summed E-state index contributed by atoms with van der Waals surface area (Å²) in [5.41, 5.74) is 0.394. The van der Waals surface area contributed by atoms with Crippen LogP contribution in [-0.2, 0) is 21.3 Å². The number of pyridine rings is 1. The fraction of sp³-hybridized carbons (Fsp3) is 0.471. The van der Waals surface area contributed by atoms with E-state index in [-0.39, 0.29) is 30.2 Å². The lowest BCUT2D eigenvalue weighted by atomic mass is 9.82. The van der Waals surface area contributed by atoms with Gasteiger partial charge in [-0.3, -0.25) is 14.4 Å². The molecule has 2 aliphatic rings. The number of H-pyrrole nitrogens is 1. The number of carboxylic acids is 2. The molecule has 0 unspecified atom stereocenters. The lowest BCUT2D eigenvalue weighted by Crippen LogP contribution is -2.65. The van der Waals surface area contributed by atoms with Crippen LogP contribution in [0, 0.1) is 11.3 Å². The van der Waals surface area contributed by atoms with E-state index in [1.54, 1.807) is 12.4 Å². The van der Waals surface area contributed by atoms with Crippen molar-refractivity contribution in [2.24, 2.45) is 0 Å². The fourth-order valence-electron chi connectivity index (χ4n) is 6.15. The summed E-state index contributed by atoms with van der Waals surface area (Å²) in [7, 11) is 0. The number of carbonyl (C=O) groups is 3. The van der Waals surface area contributed by atoms with Gasteiger partial charge in [-0.25, -0.2) is 24.5 Å². The van der Waals surface area contributed by atoms with Gasteiger partial charge < -0.3 is 30.4 Å². The number of nitrogens with one attached hydrogen (secondary N) is 2. The minimum absolute atomic E-state index is 0.226. The monoisotopic (exact) mass is 851 g/mol. The van der Waals surface area contributed by atoms with Gasteiger partial charge >= 0.3 is 30.5 Å². The topological polar surface area (TPSA) is 232 Å². The predicted octanol–water partition coefficient (Wildman–Crippen LogP) is 4.93. The SMILES string of the molecule is C[C@@H](CO)NC(=O)c1cc(OC2CCC(N3CC(CC#N)(n4cc(-c5ncnc6[nH]ccc56)cn4)C3)CC2)nc(C(F)(F)F)c1.O=C(O)C(F)(F)F.O=C(O)C(F)(F)F. The summed E-state index contributed by atoms with van der Waals surface area (Å²) in [6.45, 7) is 2.46. The number of alkyl halides is 9. The van der Waals surface area contributed by atoms with Crippen LogP contribution in [0.1, 0.15) is 55.1 Å². The summed E-state index contributed by atoms with van der Waals surface area (Å²) >= 11 is 0. The van der Waals surface area contributed by atoms with E-state index in [1.807, 2.05) is 16.9 Å². The molecule has 5 heterocycles. The number of halogens is 9. The number of aromatic nitrogens is 6. The Morgan fingerprint density at radius 2 is 1.63 bits per heavy atom. The number of aliphatic hydroxyl groups is 1. The second kappa shape index (κ2) is 18.3. The average molecular weight is 852 g/mol. The van der Waals surface area contributed by atoms with Crippen LogP contribution in [0.25, 0.3) is 22.3 Å². The van der Waals surface area contributed by atoms with E-state index in [4.69, 9.17) is 24.5 Å². The summed E-state index contributed by atoms with van der Waals surface area (Å²) in [6, 6.07) is 5.71. The van der Waals surface area contributed by atoms with Gasteiger partial charge in [0.15, 0.2) is 0 Å². The number of nitrogens with zero attached hydrogens (tertiary/aromatic N) is 7. The van der Waals surface area contributed by atoms with Crippen LogP contribution in [-0.4, -0.2) is 118 Å². The van der Waals surface area contributed by atoms with Crippen molar-refractivity contribution in [3.05, 3.63) is 54.4 Å². The molecule has 5 N–H and O–H groups in total. The highest BCUT2D eigenvalue weighted by Gasteiger charge is 2.48. The lowest BCUT2D eigenvalue weighted by molar-refractivity contribution is -0.193. The van der Waals surface area contributed by atoms with Gasteiger partial charge in [0.25, 0.3) is 5.91 Å². The van der Waals surface area contributed by atoms with Crippen LogP contribution in [0.5, 0.6) is 5.88 Å². The highest BCUT2D eigenvalue weighted by Crippen LogP contribution is 2.39. The van der Waals surface area contributed by atoms with Crippen LogP contribution in [0.4, 0.5) is 39.5 Å². The summed E-state index contributed by atoms with van der Waals surface area (Å²) < 4.78 is 112. The zero-order chi connectivity index (χ0) is 43.9. The minimum atomic E-state index is -5.08. The molecule has 0 radical (unpaired) electrons. The van der Waals surface area contributed by atoms with Crippen LogP contribution in [0.3, 0.4) is 0 Å². The van der Waals surface area contributed by atoms with Crippen molar-refractivity contribution < 1.29 is 74.0 Å². The number of hydrogen-bond donors (Lipinski definition) is 5. The zero-order valence-electron chi connectivity index (χ0n) is 30.4. The zero-order valence-corrected chi connectivity index (χ0v) is 30.4. The molecule has 0 spiro atoms. The Bertz CT molecular complexity index is 2110. The summed E-state index contributed by atoms with van der Waals surface area (Å²) in [4.78, 5) is 48.0. The number of aliphatic carboxylic acids is 2. The highest BCUT2D eigenvalue weighted by molar-refractivity contribution is 5.94. The van der Waals surface area contributed by atoms with Gasteiger partial charge in [-0.05, 0) is 44.7 Å². The number of aromatic amines is 1. The second-order valence-corrected chi connectivity index (χ2v) is 13.4. The van der Waals surface area contributed by atoms with Gasteiger partial charge in [0.05, 0.1) is 31.0 Å². The standard InChI is InChI=1S/C30H32F3N9O3.2C2HF3O2/c1-18(14-43)39-28(44)19-10-24(30(31,32)33)40-25(11-19)45-22-4-2-21(3-5-22)41-15-29(16-41,7-8-34)42-13-20(12-38-42)26-23-6-9-35-27(23)37-17-36-26;2*3-2(4,5)1(6)7/h6,9-13,17-18,21-22,43H,2-5,7,14-16H2,1H3,(H,39,44)(H,35,36,37);2*(H,6,7)/t18-,21?,22?;;/m0../s1. The van der Waals surface area contributed by atoms with Crippen LogP contribution < -0.4 is 10.1 Å². The van der Waals surface area contributed by atoms with E-state index < -0.39 is 53.6 Å². The molecule has 2 fully saturated rings. The van der Waals surface area contributed by atoms with Gasteiger partial charge in [0.1, 0.15) is 29.3 Å². The number of hydrogen-bond acceptors (Lipinski definition) is 11. The molecular formula is C34H34F9N9O7. The van der Waals surface area contributed by atoms with Gasteiger partial charge in [-0.15, -0.1) is 0 Å². The van der Waals surface area contributed by atoms with Crippen molar-refractivity contribution in [3.8, 4) is 23.2 Å². The van der Waals surface area contributed by atoms with E-state index in [2.05, 4.69) is 41.3 Å². The summed E-state index contributed by atoms with van der Waals surface area (Å²) in [5.74, 6) is -6.53. The smallest absolute Gasteiger partial charge is 0.475 e. The van der Waals surface area contributed by atoms with E-state index in [1.165, 1.54) is 19.3 Å². The third kappa shape index (κ3) is 11.8. The normalized spacial score (nSPS) is 18.5. The Labute approximate surface area is 326 Å². The van der Waals surface area contributed by atoms with E-state index in [0.717, 1.165) is 35.1 Å². The molecule has 0 aromatic carbocycles. The number of rotatable bonds is 9. The van der Waals surface area contributed by atoms with Crippen molar-refractivity contribution in [3.63, 3.8) is 0 Å². The third-order valence-electron chi connectivity index (χ3n) is 9.04. The molecule has 25 heteroatoms. The van der Waals surface area contributed by atoms with Crippen LogP contribution >= 0.6 is 0 Å². The van der Waals surface area contributed by atoms with E-state index in [9.17, 15) is 54.7 Å². The number of fused-ring (bicyclic) bond motifs is 1. The number of nitriles is 1. The number of aliphatic hydroxyl groups excluding tert-OH is 1. The predicted molar refractivity (Wildman–Crippen MR) is 182 cm³/mol. The molecule has 6 rings (SSSR count). The molecule has 1 amide bonds. The number of amides is 1. The van der Waals surface area contributed by atoms with Gasteiger partial charge in [0.2, 0.25) is 5.88 Å². The number of likely N-dealkylation sites (tertiary alicyclic amines) is 1. The molecule has 0 bridgehead atoms. The van der Waals surface area contributed by atoms with E-state index >= 15 is 0 Å². The quantitative estimate of drug-likeness (QED) is 0.141. The second-order valence-electron chi connectivity index (χ2n) is 13.4. The molecule has 1 saturated carbocycles. The van der Waals surface area contributed by atoms with Gasteiger partial charge in [0, 0.05) is 60.1 Å². The molecule has 16 nitrogen and oxygen atoms in total. The summed E-state index contributed by atoms with van der Waals surface area (Å²) in [5, 5.41) is 41.1. The Morgan fingerprint density at radius 1 is 1.02 bits per heavy atom. The van der Waals surface area contributed by atoms with Crippen molar-refractivity contribution in [2.75, 3.05) is 19.7 Å². The third-order valence-corrected chi connectivity index (χ3v) is 9.04. The average Bonchev–Trinajstić information content (AvgIpc) is 3.83. The molecule has 1 atom stereocenters. The van der Waals surface area contributed by atoms with E-state index in [0.29, 0.717) is 38.4 Å². The lowest BCUT2D eigenvalue weighted by Gasteiger charge is -2.53. The minimum Gasteiger partial charge on any atom is -0.475 e. The number of carbonyl (C=O) groups excluding carboxylic acids is 1. The van der Waals surface area contributed by atoms with Crippen molar-refractivity contribution in [2.45, 2.75) is 81.3 Å². The maximum atomic E-state index is 13.6. The molecule has 320 valence electrons. The Morgan fingerprint density at radius 3 is 2.17 bits per heavy atom. The van der Waals surface area contributed by atoms with Crippen molar-refractivity contribution >= 4 is 28.9 Å². The molecule has 1 saturated heterocycles. The Balaban J connectivity index is 0.000000471. The largest absolute Gasteiger partial charge is 0.490 e. The van der Waals surface area contributed by atoms with Crippen molar-refractivity contribution in [1.29, 1.82) is 5.26 Å². The van der Waals surface area contributed by atoms with Gasteiger partial charge in [-0.2, -0.15) is 49.9 Å². The maximum Gasteiger partial charge on any atom is 0.490 e. The molecular weight excluding hydrogens is 817 g/mol. The molecule has 1 aliphatic heterocycles. The first-order valence-corrected chi connectivity index (χ1v) is 17.2. The van der Waals surface area contributed by atoms with Crippen LogP contribution in [0.15, 0.2) is 43.1 Å². The van der Waals surface area contributed by atoms with Gasteiger partial charge in [-0.1, -0.05) is 0 Å². The molecule has 4 aromatic rings. The van der Waals surface area contributed by atoms with Crippen molar-refractivity contribution in [1.82, 2.24) is 39.9 Å². The summed E-state index contributed by atoms with van der Waals surface area (Å²) in [6.07, 6.45) is -5.31. The van der Waals surface area contributed by atoms with Crippen LogP contribution in [0.2, 0.25) is 0 Å². The molecule has 1 aliphatic carbocycles. The number of carboxylic acid groups (broad SMARTS) is 2. The first-order chi connectivity index (χ1) is 27.5.